The molecule has 0 aromatic heterocycles. The molecule has 0 spiro atoms. The Morgan fingerprint density at radius 1 is 0.947 bits per heavy atom. The van der Waals surface area contributed by atoms with E-state index < -0.39 is 41.2 Å². The highest BCUT2D eigenvalue weighted by molar-refractivity contribution is 6.12. The van der Waals surface area contributed by atoms with Gasteiger partial charge in [-0.2, -0.15) is 0 Å². The summed E-state index contributed by atoms with van der Waals surface area (Å²) in [5.41, 5.74) is -0.834. The third-order valence-corrected chi connectivity index (χ3v) is 5.60. The van der Waals surface area contributed by atoms with Crippen LogP contribution in [0.5, 0.6) is 0 Å². The maximum absolute atomic E-state index is 12.7. The van der Waals surface area contributed by atoms with Gasteiger partial charge in [0.2, 0.25) is 17.7 Å². The highest BCUT2D eigenvalue weighted by Gasteiger charge is 2.26. The molecular weight excluding hydrogens is 496 g/mol. The third kappa shape index (κ3) is 13.9. The number of hydrogen-bond acceptors (Lipinski definition) is 7. The Morgan fingerprint density at radius 3 is 2.16 bits per heavy atom. The number of carbonyl (C=O) groups excluding carboxylic acids is 5. The van der Waals surface area contributed by atoms with Crippen LogP contribution in [-0.2, 0) is 33.5 Å². The highest BCUT2D eigenvalue weighted by Crippen LogP contribution is 2.14. The van der Waals surface area contributed by atoms with Gasteiger partial charge in [0.1, 0.15) is 6.04 Å². The van der Waals surface area contributed by atoms with Crippen molar-refractivity contribution in [1.29, 1.82) is 0 Å². The number of hydrogen-bond donors (Lipinski definition) is 4. The number of ether oxygens (including phenoxy) is 1. The molecule has 214 valence electrons. The van der Waals surface area contributed by atoms with E-state index >= 15 is 0 Å². The molecule has 1 aliphatic rings. The second kappa shape index (κ2) is 15.2. The largest absolute Gasteiger partial charge is 0.481 e. The maximum Gasteiger partial charge on any atom is 0.303 e. The van der Waals surface area contributed by atoms with E-state index in [4.69, 9.17) is 9.84 Å². The van der Waals surface area contributed by atoms with Crippen LogP contribution in [0.3, 0.4) is 0 Å². The summed E-state index contributed by atoms with van der Waals surface area (Å²) >= 11 is 0. The summed E-state index contributed by atoms with van der Waals surface area (Å²) in [7, 11) is 0. The van der Waals surface area contributed by atoms with Gasteiger partial charge in [-0.1, -0.05) is 0 Å². The summed E-state index contributed by atoms with van der Waals surface area (Å²) in [6.07, 6.45) is 3.20. The second-order valence-corrected chi connectivity index (χ2v) is 10.9. The third-order valence-electron chi connectivity index (χ3n) is 5.60. The summed E-state index contributed by atoms with van der Waals surface area (Å²) in [5.74, 6) is -3.14. The minimum Gasteiger partial charge on any atom is -0.481 e. The van der Waals surface area contributed by atoms with Crippen molar-refractivity contribution in [3.63, 3.8) is 0 Å². The molecule has 0 fully saturated rings. The number of aliphatic carboxylic acids is 1. The lowest BCUT2D eigenvalue weighted by Crippen LogP contribution is -2.49. The van der Waals surface area contributed by atoms with Gasteiger partial charge < -0.3 is 25.8 Å². The quantitative estimate of drug-likeness (QED) is 0.157. The number of imide groups is 1. The Bertz CT molecular complexity index is 889. The second-order valence-electron chi connectivity index (χ2n) is 10.9. The number of nitrogens with one attached hydrogen (secondary N) is 3. The predicted octanol–water partition coefficient (Wildman–Crippen LogP) is 1.04. The monoisotopic (exact) mass is 538 g/mol. The first kappa shape index (κ1) is 32.7. The van der Waals surface area contributed by atoms with Gasteiger partial charge in [0.05, 0.1) is 5.60 Å². The van der Waals surface area contributed by atoms with Gasteiger partial charge in [-0.05, 0) is 60.3 Å². The van der Waals surface area contributed by atoms with Crippen molar-refractivity contribution in [3.05, 3.63) is 12.2 Å². The fraction of sp³-hybridized carbons (Fsp3) is 0.692. The van der Waals surface area contributed by atoms with Crippen LogP contribution in [0.4, 0.5) is 0 Å². The molecule has 0 aromatic carbocycles. The van der Waals surface area contributed by atoms with Crippen molar-refractivity contribution in [1.82, 2.24) is 20.9 Å². The van der Waals surface area contributed by atoms with E-state index in [0.29, 0.717) is 13.0 Å². The Morgan fingerprint density at radius 2 is 1.58 bits per heavy atom. The van der Waals surface area contributed by atoms with E-state index in [1.807, 2.05) is 34.6 Å². The Labute approximate surface area is 223 Å². The number of carboxylic acids is 1. The zero-order valence-electron chi connectivity index (χ0n) is 23.1. The lowest BCUT2D eigenvalue weighted by molar-refractivity contribution is -0.138. The Kier molecular flexibility index (Phi) is 13.1. The van der Waals surface area contributed by atoms with Gasteiger partial charge >= 0.3 is 5.97 Å². The lowest BCUT2D eigenvalue weighted by Gasteiger charge is -2.29. The zero-order chi connectivity index (χ0) is 28.9. The van der Waals surface area contributed by atoms with Gasteiger partial charge in [-0.15, -0.1) is 0 Å². The molecule has 0 bridgehead atoms. The standard InChI is InChI=1S/C26H42N4O8/c1-25(2,3)38-17-14-26(4,5)29-20(32)11-10-18(24(37)27-15-6-9-23(35)36)28-19(31)8-7-16-30-21(33)12-13-22(30)34/h12-13,18H,6-11,14-17H2,1-5H3,(H,27,37)(H,28,31)(H,29,32)(H,35,36)/t18-/m0/s1. The number of rotatable bonds is 17. The van der Waals surface area contributed by atoms with Crippen LogP contribution >= 0.6 is 0 Å². The molecule has 4 N–H and O–H groups in total. The molecular formula is C26H42N4O8. The summed E-state index contributed by atoms with van der Waals surface area (Å²) in [5, 5.41) is 16.9. The minimum absolute atomic E-state index is 0.0283. The van der Waals surface area contributed by atoms with Gasteiger partial charge in [0, 0.05) is 56.6 Å². The normalized spacial score (nSPS) is 14.4. The number of nitrogens with zero attached hydrogens (tertiary/aromatic N) is 1. The molecule has 1 atom stereocenters. The molecule has 0 saturated carbocycles. The van der Waals surface area contributed by atoms with Gasteiger partial charge in [-0.3, -0.25) is 33.7 Å². The average molecular weight is 539 g/mol. The predicted molar refractivity (Wildman–Crippen MR) is 139 cm³/mol. The van der Waals surface area contributed by atoms with Crippen LogP contribution in [0.25, 0.3) is 0 Å². The van der Waals surface area contributed by atoms with Crippen LogP contribution in [-0.4, -0.2) is 82.4 Å². The van der Waals surface area contributed by atoms with E-state index in [0.717, 1.165) is 17.1 Å². The fourth-order valence-corrected chi connectivity index (χ4v) is 3.55. The van der Waals surface area contributed by atoms with Crippen LogP contribution in [0, 0.1) is 0 Å². The first-order chi connectivity index (χ1) is 17.6. The van der Waals surface area contributed by atoms with Crippen LogP contribution < -0.4 is 16.0 Å². The van der Waals surface area contributed by atoms with Crippen molar-refractivity contribution in [2.45, 2.75) is 96.7 Å². The highest BCUT2D eigenvalue weighted by atomic mass is 16.5. The van der Waals surface area contributed by atoms with E-state index in [1.165, 1.54) is 0 Å². The lowest BCUT2D eigenvalue weighted by atomic mass is 10.00. The van der Waals surface area contributed by atoms with Gasteiger partial charge in [-0.25, -0.2) is 0 Å². The molecule has 1 heterocycles. The van der Waals surface area contributed by atoms with E-state index in [1.54, 1.807) is 0 Å². The SMILES string of the molecule is CC(C)(CCOC(C)(C)C)NC(=O)CC[C@H](NC(=O)CCCN1C(=O)C=CC1=O)C(=O)NCCCC(=O)O. The smallest absolute Gasteiger partial charge is 0.303 e. The summed E-state index contributed by atoms with van der Waals surface area (Å²) < 4.78 is 5.73. The average Bonchev–Trinajstić information content (AvgIpc) is 3.10. The summed E-state index contributed by atoms with van der Waals surface area (Å²) in [6, 6.07) is -1.01. The molecule has 12 nitrogen and oxygen atoms in total. The molecule has 1 aliphatic heterocycles. The molecule has 0 aliphatic carbocycles. The van der Waals surface area contributed by atoms with Crippen LogP contribution in [0.15, 0.2) is 12.2 Å². The van der Waals surface area contributed by atoms with Crippen LogP contribution in [0.2, 0.25) is 0 Å². The first-order valence-electron chi connectivity index (χ1n) is 12.9. The molecule has 1 rings (SSSR count). The fourth-order valence-electron chi connectivity index (χ4n) is 3.55. The molecule has 38 heavy (non-hydrogen) atoms. The topological polar surface area (TPSA) is 171 Å². The van der Waals surface area contributed by atoms with E-state index in [2.05, 4.69) is 16.0 Å². The first-order valence-corrected chi connectivity index (χ1v) is 12.9. The van der Waals surface area contributed by atoms with Crippen molar-refractivity contribution in [3.8, 4) is 0 Å². The minimum atomic E-state index is -1.01. The number of carbonyl (C=O) groups is 6. The number of amides is 5. The van der Waals surface area contributed by atoms with Crippen molar-refractivity contribution in [2.24, 2.45) is 0 Å². The van der Waals surface area contributed by atoms with Crippen molar-refractivity contribution < 1.29 is 38.6 Å². The van der Waals surface area contributed by atoms with E-state index in [9.17, 15) is 28.8 Å². The molecule has 0 unspecified atom stereocenters. The molecule has 5 amide bonds. The maximum atomic E-state index is 12.7. The molecule has 12 heteroatoms. The molecule has 0 radical (unpaired) electrons. The Balaban J connectivity index is 2.62. The summed E-state index contributed by atoms with van der Waals surface area (Å²) in [4.78, 5) is 72.8. The van der Waals surface area contributed by atoms with Crippen molar-refractivity contribution >= 4 is 35.5 Å². The van der Waals surface area contributed by atoms with E-state index in [-0.39, 0.29) is 63.1 Å². The number of carboxylic acid groups (broad SMARTS) is 1. The van der Waals surface area contributed by atoms with Gasteiger partial charge in [0.25, 0.3) is 11.8 Å². The Hall–Kier alpha value is -3.28. The van der Waals surface area contributed by atoms with Gasteiger partial charge in [0.15, 0.2) is 0 Å². The van der Waals surface area contributed by atoms with Crippen LogP contribution in [0.1, 0.15) is 79.6 Å². The molecule has 0 saturated heterocycles. The van der Waals surface area contributed by atoms with Crippen molar-refractivity contribution in [2.75, 3.05) is 19.7 Å². The molecule has 0 aromatic rings. The zero-order valence-corrected chi connectivity index (χ0v) is 23.1. The summed E-state index contributed by atoms with van der Waals surface area (Å²) in [6.45, 7) is 10.2.